The van der Waals surface area contributed by atoms with Crippen LogP contribution in [0.2, 0.25) is 0 Å². The first-order chi connectivity index (χ1) is 6.69. The standard InChI is InChI=1S/C12H21NO/c1-9(2)10-3-11(4-10)13-5-12(6-13)7-14-8-12/h9-11H,3-8H2,1-2H3. The second-order valence-electron chi connectivity index (χ2n) is 6.03. The first-order valence-electron chi connectivity index (χ1n) is 6.00. The van der Waals surface area contributed by atoms with Crippen molar-refractivity contribution >= 4 is 0 Å². The van der Waals surface area contributed by atoms with Crippen molar-refractivity contribution in [3.05, 3.63) is 0 Å². The van der Waals surface area contributed by atoms with Gasteiger partial charge in [0.15, 0.2) is 0 Å². The Labute approximate surface area is 86.6 Å². The molecule has 3 aliphatic rings. The fraction of sp³-hybridized carbons (Fsp3) is 1.00. The first kappa shape index (κ1) is 9.17. The molecule has 2 nitrogen and oxygen atoms in total. The fourth-order valence-corrected chi connectivity index (χ4v) is 3.12. The van der Waals surface area contributed by atoms with E-state index in [4.69, 9.17) is 4.74 Å². The zero-order chi connectivity index (χ0) is 9.76. The molecule has 0 atom stereocenters. The van der Waals surface area contributed by atoms with Gasteiger partial charge in [-0.3, -0.25) is 4.90 Å². The van der Waals surface area contributed by atoms with E-state index in [9.17, 15) is 0 Å². The summed E-state index contributed by atoms with van der Waals surface area (Å²) in [6.07, 6.45) is 2.91. The van der Waals surface area contributed by atoms with E-state index in [2.05, 4.69) is 18.7 Å². The highest BCUT2D eigenvalue weighted by Gasteiger charge is 2.52. The summed E-state index contributed by atoms with van der Waals surface area (Å²) in [6.45, 7) is 9.43. The molecular weight excluding hydrogens is 174 g/mol. The van der Waals surface area contributed by atoms with E-state index in [1.54, 1.807) is 0 Å². The molecule has 0 amide bonds. The van der Waals surface area contributed by atoms with E-state index >= 15 is 0 Å². The topological polar surface area (TPSA) is 12.5 Å². The maximum Gasteiger partial charge on any atom is 0.0569 e. The molecular formula is C12H21NO. The Hall–Kier alpha value is -0.0800. The Bertz CT molecular complexity index is 220. The molecule has 0 aromatic heterocycles. The zero-order valence-corrected chi connectivity index (χ0v) is 9.33. The molecule has 2 heterocycles. The lowest BCUT2D eigenvalue weighted by Gasteiger charge is -2.60. The summed E-state index contributed by atoms with van der Waals surface area (Å²) in [5.41, 5.74) is 0.614. The predicted octanol–water partition coefficient (Wildman–Crippen LogP) is 1.75. The van der Waals surface area contributed by atoms with Crippen molar-refractivity contribution in [1.29, 1.82) is 0 Å². The third-order valence-corrected chi connectivity index (χ3v) is 4.50. The van der Waals surface area contributed by atoms with E-state index in [0.717, 1.165) is 31.1 Å². The third kappa shape index (κ3) is 1.24. The second kappa shape index (κ2) is 2.96. The van der Waals surface area contributed by atoms with Gasteiger partial charge in [0.05, 0.1) is 13.2 Å². The Morgan fingerprint density at radius 3 is 2.29 bits per heavy atom. The highest BCUT2D eigenvalue weighted by atomic mass is 16.5. The Morgan fingerprint density at radius 2 is 1.86 bits per heavy atom. The minimum absolute atomic E-state index is 0.614. The molecule has 2 saturated heterocycles. The maximum atomic E-state index is 5.29. The van der Waals surface area contributed by atoms with Crippen molar-refractivity contribution in [2.75, 3.05) is 26.3 Å². The average molecular weight is 195 g/mol. The third-order valence-electron chi connectivity index (χ3n) is 4.50. The van der Waals surface area contributed by atoms with Gasteiger partial charge in [0, 0.05) is 24.5 Å². The van der Waals surface area contributed by atoms with Crippen molar-refractivity contribution in [1.82, 2.24) is 4.90 Å². The van der Waals surface area contributed by atoms with Crippen LogP contribution in [0.3, 0.4) is 0 Å². The summed E-state index contributed by atoms with van der Waals surface area (Å²) in [4.78, 5) is 2.68. The lowest BCUT2D eigenvalue weighted by atomic mass is 9.69. The molecule has 2 heteroatoms. The Morgan fingerprint density at radius 1 is 1.21 bits per heavy atom. The number of hydrogen-bond donors (Lipinski definition) is 0. The molecule has 0 aromatic rings. The number of likely N-dealkylation sites (tertiary alicyclic amines) is 1. The van der Waals surface area contributed by atoms with Gasteiger partial charge < -0.3 is 4.74 Å². The second-order valence-corrected chi connectivity index (χ2v) is 6.03. The molecule has 3 fully saturated rings. The maximum absolute atomic E-state index is 5.29. The van der Waals surface area contributed by atoms with E-state index in [1.165, 1.54) is 25.9 Å². The summed E-state index contributed by atoms with van der Waals surface area (Å²) < 4.78 is 5.29. The molecule has 1 aliphatic carbocycles. The highest BCUT2D eigenvalue weighted by Crippen LogP contribution is 2.45. The van der Waals surface area contributed by atoms with Gasteiger partial charge >= 0.3 is 0 Å². The van der Waals surface area contributed by atoms with E-state index < -0.39 is 0 Å². The minimum Gasteiger partial charge on any atom is -0.380 e. The number of rotatable bonds is 2. The molecule has 2 aliphatic heterocycles. The summed E-state index contributed by atoms with van der Waals surface area (Å²) in [5.74, 6) is 1.91. The Balaban J connectivity index is 1.44. The summed E-state index contributed by atoms with van der Waals surface area (Å²) in [6, 6.07) is 0.925. The van der Waals surface area contributed by atoms with Gasteiger partial charge in [0.25, 0.3) is 0 Å². The largest absolute Gasteiger partial charge is 0.380 e. The van der Waals surface area contributed by atoms with Gasteiger partial charge in [-0.1, -0.05) is 13.8 Å². The molecule has 1 spiro atoms. The SMILES string of the molecule is CC(C)C1CC(N2CC3(COC3)C2)C1. The van der Waals surface area contributed by atoms with Gasteiger partial charge in [-0.05, 0) is 24.7 Å². The van der Waals surface area contributed by atoms with Crippen LogP contribution in [-0.2, 0) is 4.74 Å². The summed E-state index contributed by atoms with van der Waals surface area (Å²) in [7, 11) is 0. The summed E-state index contributed by atoms with van der Waals surface area (Å²) in [5, 5.41) is 0. The van der Waals surface area contributed by atoms with Gasteiger partial charge in [0.1, 0.15) is 0 Å². The highest BCUT2D eigenvalue weighted by molar-refractivity contribution is 5.04. The van der Waals surface area contributed by atoms with Crippen LogP contribution in [0.4, 0.5) is 0 Å². The number of nitrogens with zero attached hydrogens (tertiary/aromatic N) is 1. The number of hydrogen-bond acceptors (Lipinski definition) is 2. The van der Waals surface area contributed by atoms with Gasteiger partial charge in [-0.2, -0.15) is 0 Å². The van der Waals surface area contributed by atoms with E-state index in [1.807, 2.05) is 0 Å². The van der Waals surface area contributed by atoms with Crippen LogP contribution in [0, 0.1) is 17.3 Å². The Kier molecular flexibility index (Phi) is 1.94. The lowest BCUT2D eigenvalue weighted by Crippen LogP contribution is -2.69. The van der Waals surface area contributed by atoms with E-state index in [-0.39, 0.29) is 0 Å². The smallest absolute Gasteiger partial charge is 0.0569 e. The predicted molar refractivity (Wildman–Crippen MR) is 56.2 cm³/mol. The van der Waals surface area contributed by atoms with Crippen LogP contribution in [0.25, 0.3) is 0 Å². The van der Waals surface area contributed by atoms with Crippen LogP contribution >= 0.6 is 0 Å². The first-order valence-corrected chi connectivity index (χ1v) is 6.00. The molecule has 14 heavy (non-hydrogen) atoms. The normalized spacial score (nSPS) is 40.5. The van der Waals surface area contributed by atoms with Crippen molar-refractivity contribution < 1.29 is 4.74 Å². The molecule has 0 unspecified atom stereocenters. The monoisotopic (exact) mass is 195 g/mol. The van der Waals surface area contributed by atoms with Crippen molar-refractivity contribution in [2.45, 2.75) is 32.7 Å². The van der Waals surface area contributed by atoms with Gasteiger partial charge in [-0.25, -0.2) is 0 Å². The molecule has 0 radical (unpaired) electrons. The van der Waals surface area contributed by atoms with Crippen molar-refractivity contribution in [2.24, 2.45) is 17.3 Å². The molecule has 80 valence electrons. The zero-order valence-electron chi connectivity index (χ0n) is 9.33. The number of ether oxygens (including phenoxy) is 1. The van der Waals surface area contributed by atoms with Crippen LogP contribution in [-0.4, -0.2) is 37.2 Å². The summed E-state index contributed by atoms with van der Waals surface area (Å²) >= 11 is 0. The molecule has 3 rings (SSSR count). The van der Waals surface area contributed by atoms with Crippen LogP contribution in [0.5, 0.6) is 0 Å². The van der Waals surface area contributed by atoms with Gasteiger partial charge in [-0.15, -0.1) is 0 Å². The van der Waals surface area contributed by atoms with Crippen molar-refractivity contribution in [3.63, 3.8) is 0 Å². The minimum atomic E-state index is 0.614. The van der Waals surface area contributed by atoms with Crippen LogP contribution < -0.4 is 0 Å². The fourth-order valence-electron chi connectivity index (χ4n) is 3.12. The van der Waals surface area contributed by atoms with Crippen LogP contribution in [0.1, 0.15) is 26.7 Å². The average Bonchev–Trinajstić information content (AvgIpc) is 1.84. The van der Waals surface area contributed by atoms with Crippen molar-refractivity contribution in [3.8, 4) is 0 Å². The van der Waals surface area contributed by atoms with E-state index in [0.29, 0.717) is 5.41 Å². The molecule has 1 saturated carbocycles. The van der Waals surface area contributed by atoms with Crippen LogP contribution in [0.15, 0.2) is 0 Å². The van der Waals surface area contributed by atoms with Gasteiger partial charge in [0.2, 0.25) is 0 Å². The molecule has 0 bridgehead atoms. The molecule has 0 N–H and O–H groups in total. The molecule has 0 aromatic carbocycles. The lowest BCUT2D eigenvalue weighted by molar-refractivity contribution is -0.208. The quantitative estimate of drug-likeness (QED) is 0.665.